The summed E-state index contributed by atoms with van der Waals surface area (Å²) in [4.78, 5) is 26.2. The summed E-state index contributed by atoms with van der Waals surface area (Å²) in [6.45, 7) is 8.42. The van der Waals surface area contributed by atoms with Crippen molar-refractivity contribution in [2.75, 3.05) is 19.8 Å². The van der Waals surface area contributed by atoms with E-state index in [0.29, 0.717) is 65.3 Å². The zero-order chi connectivity index (χ0) is 41.5. The van der Waals surface area contributed by atoms with E-state index in [9.17, 15) is 9.59 Å². The van der Waals surface area contributed by atoms with Crippen LogP contribution in [0.15, 0.2) is 125 Å². The number of unbranched alkanes of at least 4 members (excludes halogenated alkanes) is 9. The maximum atomic E-state index is 13.3. The SMILES string of the molecule is CCCCCCOc1ccc(N=Nc2ccc(C(=O)Oc3ccc(-c4ccc(OC(=O)c5cc(OCCCCCC)cc(OCCCCCC)c5)cc4)cc3)cc2)cc1. The Kier molecular flexibility index (Phi) is 18.5. The van der Waals surface area contributed by atoms with Crippen LogP contribution in [0.25, 0.3) is 11.1 Å². The van der Waals surface area contributed by atoms with Crippen LogP contribution in [0.3, 0.4) is 0 Å². The normalized spacial score (nSPS) is 11.0. The predicted octanol–water partition coefficient (Wildman–Crippen LogP) is 14.1. The van der Waals surface area contributed by atoms with Crippen LogP contribution in [-0.4, -0.2) is 31.8 Å². The zero-order valence-corrected chi connectivity index (χ0v) is 34.8. The van der Waals surface area contributed by atoms with Crippen molar-refractivity contribution in [1.29, 1.82) is 0 Å². The number of ether oxygens (including phenoxy) is 5. The van der Waals surface area contributed by atoms with Crippen LogP contribution in [0.5, 0.6) is 28.7 Å². The summed E-state index contributed by atoms with van der Waals surface area (Å²) in [6, 6.07) is 34.1. The van der Waals surface area contributed by atoms with Gasteiger partial charge in [-0.05, 0) is 115 Å². The van der Waals surface area contributed by atoms with Crippen molar-refractivity contribution >= 4 is 23.3 Å². The third-order valence-electron chi connectivity index (χ3n) is 9.60. The molecule has 0 aliphatic heterocycles. The first-order chi connectivity index (χ1) is 28.9. The molecule has 0 aromatic heterocycles. The number of azo groups is 1. The molecule has 0 aliphatic carbocycles. The molecule has 9 nitrogen and oxygen atoms in total. The van der Waals surface area contributed by atoms with Gasteiger partial charge in [0.05, 0.1) is 42.3 Å². The first kappa shape index (κ1) is 44.1. The maximum Gasteiger partial charge on any atom is 0.343 e. The van der Waals surface area contributed by atoms with E-state index >= 15 is 0 Å². The van der Waals surface area contributed by atoms with Crippen LogP contribution in [0.4, 0.5) is 11.4 Å². The van der Waals surface area contributed by atoms with Crippen molar-refractivity contribution in [1.82, 2.24) is 0 Å². The Morgan fingerprint density at radius 1 is 0.390 bits per heavy atom. The second kappa shape index (κ2) is 24.7. The highest BCUT2D eigenvalue weighted by Gasteiger charge is 2.14. The van der Waals surface area contributed by atoms with Crippen LogP contribution in [0, 0.1) is 0 Å². The highest BCUT2D eigenvalue weighted by atomic mass is 16.5. The molecule has 0 atom stereocenters. The Labute approximate surface area is 349 Å². The van der Waals surface area contributed by atoms with Crippen LogP contribution < -0.4 is 23.7 Å². The van der Waals surface area contributed by atoms with Crippen molar-refractivity contribution in [3.63, 3.8) is 0 Å². The van der Waals surface area contributed by atoms with Crippen molar-refractivity contribution in [2.24, 2.45) is 10.2 Å². The fourth-order valence-electron chi connectivity index (χ4n) is 6.16. The van der Waals surface area contributed by atoms with Crippen molar-refractivity contribution in [3.8, 4) is 39.9 Å². The molecule has 0 saturated carbocycles. The van der Waals surface area contributed by atoms with E-state index in [-0.39, 0.29) is 0 Å². The van der Waals surface area contributed by atoms with Crippen LogP contribution >= 0.6 is 0 Å². The van der Waals surface area contributed by atoms with Gasteiger partial charge in [-0.2, -0.15) is 10.2 Å². The number of hydrogen-bond acceptors (Lipinski definition) is 9. The first-order valence-electron chi connectivity index (χ1n) is 21.2. The standard InChI is InChI=1S/C50H58N2O7/c1-4-7-10-13-32-55-44-30-24-43(25-31-44)52-51-42-22-16-40(17-23-42)49(53)58-45-26-18-38(19-27-45)39-20-28-46(29-21-39)59-50(54)41-35-47(56-33-14-11-8-5-2)37-48(36-41)57-34-15-12-9-6-3/h16-31,35-37H,4-15,32-34H2,1-3H3. The lowest BCUT2D eigenvalue weighted by Gasteiger charge is -2.13. The molecule has 0 heterocycles. The number of carbonyl (C=O) groups excluding carboxylic acids is 2. The summed E-state index contributed by atoms with van der Waals surface area (Å²) in [5, 5.41) is 8.60. The number of rotatable bonds is 25. The third kappa shape index (κ3) is 15.4. The van der Waals surface area contributed by atoms with E-state index in [4.69, 9.17) is 23.7 Å². The van der Waals surface area contributed by atoms with Gasteiger partial charge in [-0.3, -0.25) is 0 Å². The lowest BCUT2D eigenvalue weighted by molar-refractivity contribution is 0.0724. The Morgan fingerprint density at radius 2 is 0.763 bits per heavy atom. The molecule has 0 radical (unpaired) electrons. The molecule has 0 aliphatic rings. The first-order valence-corrected chi connectivity index (χ1v) is 21.2. The predicted molar refractivity (Wildman–Crippen MR) is 234 cm³/mol. The summed E-state index contributed by atoms with van der Waals surface area (Å²) in [5.74, 6) is 1.87. The number of hydrogen-bond donors (Lipinski definition) is 0. The summed E-state index contributed by atoms with van der Waals surface area (Å²) >= 11 is 0. The second-order valence-electron chi connectivity index (χ2n) is 14.5. The van der Waals surface area contributed by atoms with Gasteiger partial charge in [-0.15, -0.1) is 0 Å². The molecule has 0 fully saturated rings. The number of nitrogens with zero attached hydrogens (tertiary/aromatic N) is 2. The van der Waals surface area contributed by atoms with E-state index in [0.717, 1.165) is 61.8 Å². The van der Waals surface area contributed by atoms with E-state index in [1.165, 1.54) is 32.1 Å². The van der Waals surface area contributed by atoms with Gasteiger partial charge in [0, 0.05) is 6.07 Å². The molecular formula is C50H58N2O7. The Bertz CT molecular complexity index is 1990. The van der Waals surface area contributed by atoms with Crippen LogP contribution in [0.1, 0.15) is 119 Å². The van der Waals surface area contributed by atoms with E-state index in [1.807, 2.05) is 54.6 Å². The smallest absolute Gasteiger partial charge is 0.343 e. The van der Waals surface area contributed by atoms with Gasteiger partial charge in [-0.25, -0.2) is 9.59 Å². The van der Waals surface area contributed by atoms with Gasteiger partial charge < -0.3 is 23.7 Å². The number of esters is 2. The molecule has 0 amide bonds. The summed E-state index contributed by atoms with van der Waals surface area (Å²) < 4.78 is 29.2. The van der Waals surface area contributed by atoms with Gasteiger partial charge in [0.2, 0.25) is 0 Å². The minimum Gasteiger partial charge on any atom is -0.494 e. The average Bonchev–Trinajstić information content (AvgIpc) is 3.26. The fraction of sp³-hybridized carbons (Fsp3) is 0.360. The second-order valence-corrected chi connectivity index (χ2v) is 14.5. The van der Waals surface area contributed by atoms with Gasteiger partial charge in [0.25, 0.3) is 0 Å². The Morgan fingerprint density at radius 3 is 1.19 bits per heavy atom. The molecule has 5 aromatic carbocycles. The molecular weight excluding hydrogens is 741 g/mol. The van der Waals surface area contributed by atoms with Gasteiger partial charge in [0.15, 0.2) is 0 Å². The highest BCUT2D eigenvalue weighted by molar-refractivity contribution is 5.92. The van der Waals surface area contributed by atoms with Crippen molar-refractivity contribution in [3.05, 3.63) is 126 Å². The van der Waals surface area contributed by atoms with Gasteiger partial charge >= 0.3 is 11.9 Å². The molecule has 9 heteroatoms. The van der Waals surface area contributed by atoms with E-state index in [1.54, 1.807) is 60.7 Å². The lowest BCUT2D eigenvalue weighted by atomic mass is 10.1. The summed E-state index contributed by atoms with van der Waals surface area (Å²) in [5.41, 5.74) is 3.90. The summed E-state index contributed by atoms with van der Waals surface area (Å²) in [7, 11) is 0. The molecule has 0 spiro atoms. The number of carbonyl (C=O) groups is 2. The van der Waals surface area contributed by atoms with Crippen molar-refractivity contribution < 1.29 is 33.3 Å². The topological polar surface area (TPSA) is 105 Å². The number of benzene rings is 5. The third-order valence-corrected chi connectivity index (χ3v) is 9.60. The van der Waals surface area contributed by atoms with Crippen molar-refractivity contribution in [2.45, 2.75) is 97.8 Å². The summed E-state index contributed by atoms with van der Waals surface area (Å²) in [6.07, 6.45) is 13.4. The minimum absolute atomic E-state index is 0.367. The lowest BCUT2D eigenvalue weighted by Crippen LogP contribution is -2.10. The minimum atomic E-state index is -0.490. The zero-order valence-electron chi connectivity index (χ0n) is 34.8. The average molecular weight is 799 g/mol. The maximum absolute atomic E-state index is 13.3. The Balaban J connectivity index is 1.11. The van der Waals surface area contributed by atoms with Crippen LogP contribution in [0.2, 0.25) is 0 Å². The molecule has 0 bridgehead atoms. The van der Waals surface area contributed by atoms with Crippen LogP contribution in [-0.2, 0) is 0 Å². The van der Waals surface area contributed by atoms with E-state index in [2.05, 4.69) is 31.0 Å². The molecule has 5 rings (SSSR count). The largest absolute Gasteiger partial charge is 0.494 e. The molecule has 310 valence electrons. The quantitative estimate of drug-likeness (QED) is 0.0250. The molecule has 0 N–H and O–H groups in total. The molecule has 0 unspecified atom stereocenters. The van der Waals surface area contributed by atoms with Gasteiger partial charge in [-0.1, -0.05) is 103 Å². The van der Waals surface area contributed by atoms with Gasteiger partial charge in [0.1, 0.15) is 28.7 Å². The molecule has 5 aromatic rings. The fourth-order valence-corrected chi connectivity index (χ4v) is 6.16. The molecule has 59 heavy (non-hydrogen) atoms. The molecule has 0 saturated heterocycles. The monoisotopic (exact) mass is 798 g/mol. The Hall–Kier alpha value is -5.96. The highest BCUT2D eigenvalue weighted by Crippen LogP contribution is 2.28. The van der Waals surface area contributed by atoms with E-state index < -0.39 is 11.9 Å².